The number of nitrogens with one attached hydrogen (secondary N) is 2. The van der Waals surface area contributed by atoms with Crippen LogP contribution in [-0.4, -0.2) is 33.9 Å². The molecule has 2 atom stereocenters. The lowest BCUT2D eigenvalue weighted by molar-refractivity contribution is 0.665. The molecule has 0 aromatic carbocycles. The molecule has 0 rings (SSSR count). The molecule has 84 valence electrons. The minimum atomic E-state index is -0.769. The zero-order valence-corrected chi connectivity index (χ0v) is 10.8. The molecule has 2 N–H and O–H groups in total. The molecule has 0 heterocycles. The van der Waals surface area contributed by atoms with Crippen molar-refractivity contribution < 1.29 is 4.21 Å². The van der Waals surface area contributed by atoms with Gasteiger partial charge in [0.1, 0.15) is 0 Å². The van der Waals surface area contributed by atoms with Gasteiger partial charge in [-0.1, -0.05) is 13.3 Å². The molecule has 0 amide bonds. The van der Waals surface area contributed by atoms with Crippen LogP contribution < -0.4 is 10.6 Å². The number of unbranched alkanes of at least 4 members (excludes halogenated alkanes) is 1. The minimum Gasteiger partial charge on any atom is -0.363 e. The molecular formula is C9H20N2OS2. The zero-order valence-electron chi connectivity index (χ0n) is 9.13. The van der Waals surface area contributed by atoms with Gasteiger partial charge in [0.2, 0.25) is 0 Å². The van der Waals surface area contributed by atoms with Gasteiger partial charge in [0.25, 0.3) is 0 Å². The molecule has 0 saturated heterocycles. The lowest BCUT2D eigenvalue weighted by atomic mass is 10.3. The van der Waals surface area contributed by atoms with Gasteiger partial charge < -0.3 is 10.6 Å². The Morgan fingerprint density at radius 1 is 1.57 bits per heavy atom. The lowest BCUT2D eigenvalue weighted by Gasteiger charge is -2.15. The Labute approximate surface area is 94.5 Å². The standard InChI is InChI=1S/C9H20N2OS2/c1-4-5-6-10-9(13)11-8(2)7-14(3)12/h8H,4-7H2,1-3H3,(H2,10,11,13). The maximum Gasteiger partial charge on any atom is 0.166 e. The van der Waals surface area contributed by atoms with Crippen molar-refractivity contribution in [2.24, 2.45) is 0 Å². The SMILES string of the molecule is CCCCNC(=S)NC(C)CS(C)=O. The summed E-state index contributed by atoms with van der Waals surface area (Å²) in [5.74, 6) is 0.635. The van der Waals surface area contributed by atoms with E-state index in [9.17, 15) is 4.21 Å². The van der Waals surface area contributed by atoms with Crippen molar-refractivity contribution in [1.29, 1.82) is 0 Å². The molecule has 0 aromatic rings. The van der Waals surface area contributed by atoms with E-state index in [4.69, 9.17) is 12.2 Å². The highest BCUT2D eigenvalue weighted by Gasteiger charge is 2.04. The molecule has 2 unspecified atom stereocenters. The Hall–Kier alpha value is -0.160. The Bertz CT molecular complexity index is 197. The average molecular weight is 236 g/mol. The van der Waals surface area contributed by atoms with Gasteiger partial charge in [-0.2, -0.15) is 0 Å². The summed E-state index contributed by atoms with van der Waals surface area (Å²) in [4.78, 5) is 0. The van der Waals surface area contributed by atoms with Gasteiger partial charge >= 0.3 is 0 Å². The van der Waals surface area contributed by atoms with E-state index in [1.165, 1.54) is 0 Å². The molecule has 0 saturated carbocycles. The Kier molecular flexibility index (Phi) is 8.08. The van der Waals surface area contributed by atoms with Gasteiger partial charge in [-0.05, 0) is 25.6 Å². The Morgan fingerprint density at radius 2 is 2.21 bits per heavy atom. The topological polar surface area (TPSA) is 41.1 Å². The van der Waals surface area contributed by atoms with Crippen LogP contribution >= 0.6 is 12.2 Å². The van der Waals surface area contributed by atoms with E-state index in [1.807, 2.05) is 6.92 Å². The van der Waals surface area contributed by atoms with Crippen LogP contribution in [0.2, 0.25) is 0 Å². The fourth-order valence-corrected chi connectivity index (χ4v) is 2.14. The van der Waals surface area contributed by atoms with Gasteiger partial charge in [-0.25, -0.2) is 0 Å². The van der Waals surface area contributed by atoms with Crippen molar-refractivity contribution >= 4 is 28.1 Å². The highest BCUT2D eigenvalue weighted by Crippen LogP contribution is 1.87. The van der Waals surface area contributed by atoms with Crippen LogP contribution in [0.3, 0.4) is 0 Å². The smallest absolute Gasteiger partial charge is 0.166 e. The number of rotatable bonds is 6. The fraction of sp³-hybridized carbons (Fsp3) is 0.889. The van der Waals surface area contributed by atoms with Gasteiger partial charge in [-0.15, -0.1) is 0 Å². The largest absolute Gasteiger partial charge is 0.363 e. The second-order valence-corrected chi connectivity index (χ2v) is 5.28. The summed E-state index contributed by atoms with van der Waals surface area (Å²) < 4.78 is 10.9. The molecule has 0 bridgehead atoms. The third-order valence-corrected chi connectivity index (χ3v) is 2.91. The number of hydrogen-bond acceptors (Lipinski definition) is 2. The van der Waals surface area contributed by atoms with E-state index in [0.29, 0.717) is 10.9 Å². The molecule has 0 radical (unpaired) electrons. The monoisotopic (exact) mass is 236 g/mol. The second-order valence-electron chi connectivity index (χ2n) is 3.39. The molecule has 0 aliphatic heterocycles. The highest BCUT2D eigenvalue weighted by atomic mass is 32.2. The summed E-state index contributed by atoms with van der Waals surface area (Å²) in [7, 11) is -0.769. The molecule has 3 nitrogen and oxygen atoms in total. The summed E-state index contributed by atoms with van der Waals surface area (Å²) in [5.41, 5.74) is 0. The van der Waals surface area contributed by atoms with Crippen molar-refractivity contribution in [2.45, 2.75) is 32.7 Å². The van der Waals surface area contributed by atoms with Crippen LogP contribution in [0, 0.1) is 0 Å². The molecular weight excluding hydrogens is 216 g/mol. The van der Waals surface area contributed by atoms with Crippen molar-refractivity contribution in [3.8, 4) is 0 Å². The van der Waals surface area contributed by atoms with E-state index < -0.39 is 10.8 Å². The van der Waals surface area contributed by atoms with Crippen LogP contribution in [0.4, 0.5) is 0 Å². The first-order chi connectivity index (χ1) is 6.56. The van der Waals surface area contributed by atoms with Crippen LogP contribution in [0.5, 0.6) is 0 Å². The van der Waals surface area contributed by atoms with E-state index in [0.717, 1.165) is 19.4 Å². The highest BCUT2D eigenvalue weighted by molar-refractivity contribution is 7.84. The van der Waals surface area contributed by atoms with Crippen LogP contribution in [0.15, 0.2) is 0 Å². The Morgan fingerprint density at radius 3 is 2.71 bits per heavy atom. The zero-order chi connectivity index (χ0) is 11.0. The van der Waals surface area contributed by atoms with E-state index in [2.05, 4.69) is 17.6 Å². The normalized spacial score (nSPS) is 14.5. The van der Waals surface area contributed by atoms with Gasteiger partial charge in [0.05, 0.1) is 0 Å². The van der Waals surface area contributed by atoms with Gasteiger partial charge in [0.15, 0.2) is 5.11 Å². The second kappa shape index (κ2) is 8.17. The summed E-state index contributed by atoms with van der Waals surface area (Å²) in [5, 5.41) is 6.87. The molecule has 0 aliphatic rings. The summed E-state index contributed by atoms with van der Waals surface area (Å²) >= 11 is 5.08. The first kappa shape index (κ1) is 13.8. The summed E-state index contributed by atoms with van der Waals surface area (Å²) in [6.07, 6.45) is 3.98. The van der Waals surface area contributed by atoms with E-state index in [-0.39, 0.29) is 6.04 Å². The predicted molar refractivity (Wildman–Crippen MR) is 67.0 cm³/mol. The van der Waals surface area contributed by atoms with Crippen molar-refractivity contribution in [3.63, 3.8) is 0 Å². The molecule has 0 aliphatic carbocycles. The van der Waals surface area contributed by atoms with Crippen molar-refractivity contribution in [1.82, 2.24) is 10.6 Å². The molecule has 0 spiro atoms. The third-order valence-electron chi connectivity index (χ3n) is 1.68. The fourth-order valence-electron chi connectivity index (χ4n) is 1.05. The lowest BCUT2D eigenvalue weighted by Crippen LogP contribution is -2.42. The van der Waals surface area contributed by atoms with Crippen molar-refractivity contribution in [2.75, 3.05) is 18.6 Å². The molecule has 0 aromatic heterocycles. The molecule has 14 heavy (non-hydrogen) atoms. The number of hydrogen-bond donors (Lipinski definition) is 2. The first-order valence-electron chi connectivity index (χ1n) is 4.90. The number of thiocarbonyl (C=S) groups is 1. The van der Waals surface area contributed by atoms with Crippen LogP contribution in [-0.2, 0) is 10.8 Å². The summed E-state index contributed by atoms with van der Waals surface area (Å²) in [6, 6.07) is 0.169. The van der Waals surface area contributed by atoms with E-state index in [1.54, 1.807) is 6.26 Å². The summed E-state index contributed by atoms with van der Waals surface area (Å²) in [6.45, 7) is 5.03. The molecule has 0 fully saturated rings. The molecule has 5 heteroatoms. The predicted octanol–water partition coefficient (Wildman–Crippen LogP) is 1.02. The first-order valence-corrected chi connectivity index (χ1v) is 7.04. The van der Waals surface area contributed by atoms with Gasteiger partial charge in [-0.3, -0.25) is 4.21 Å². The van der Waals surface area contributed by atoms with Gasteiger partial charge in [0, 0.05) is 35.4 Å². The quantitative estimate of drug-likeness (QED) is 0.534. The van der Waals surface area contributed by atoms with Crippen molar-refractivity contribution in [3.05, 3.63) is 0 Å². The Balaban J connectivity index is 3.55. The maximum absolute atomic E-state index is 10.9. The van der Waals surface area contributed by atoms with E-state index >= 15 is 0 Å². The average Bonchev–Trinajstić information content (AvgIpc) is 2.02. The minimum absolute atomic E-state index is 0.169. The van der Waals surface area contributed by atoms with Crippen LogP contribution in [0.1, 0.15) is 26.7 Å². The third kappa shape index (κ3) is 8.44. The maximum atomic E-state index is 10.9. The van der Waals surface area contributed by atoms with Crippen LogP contribution in [0.25, 0.3) is 0 Å².